The van der Waals surface area contributed by atoms with Crippen LogP contribution in [-0.4, -0.2) is 71.4 Å². The van der Waals surface area contributed by atoms with Gasteiger partial charge in [-0.2, -0.15) is 10.6 Å². The fraction of sp³-hybridized carbons (Fsp3) is 0.556. The number of nitrogens with zero attached hydrogens (tertiary/aromatic N) is 3. The molecule has 1 aromatic heterocycles. The van der Waals surface area contributed by atoms with E-state index in [0.717, 1.165) is 31.6 Å². The van der Waals surface area contributed by atoms with Crippen LogP contribution < -0.4 is 10.2 Å². The highest BCUT2D eigenvalue weighted by Gasteiger charge is 2.22. The standard InChI is InChI=1S/C27H40FN5O4/c1-19(2)20(3)31-37-21(4)33-12-9-24(10-13-33)35-14-15-36-25-7-6-22(26(28)17-25)16-27(34)32(5)18-23-8-11-29-30-23/h6-8,11,17,19-20,24,31H,4,9-10,12-16,18H2,1-3,5H3,(H,29,30). The van der Waals surface area contributed by atoms with E-state index in [1.807, 2.05) is 0 Å². The number of carbonyl (C=O) groups is 1. The molecule has 1 unspecified atom stereocenters. The van der Waals surface area contributed by atoms with Crippen molar-refractivity contribution in [1.82, 2.24) is 25.5 Å². The van der Waals surface area contributed by atoms with Gasteiger partial charge in [0.05, 0.1) is 31.4 Å². The highest BCUT2D eigenvalue weighted by molar-refractivity contribution is 5.78. The van der Waals surface area contributed by atoms with Gasteiger partial charge in [-0.3, -0.25) is 9.89 Å². The molecule has 1 aromatic carbocycles. The Bertz CT molecular complexity index is 993. The van der Waals surface area contributed by atoms with Crippen LogP contribution in [0.3, 0.4) is 0 Å². The third kappa shape index (κ3) is 9.05. The van der Waals surface area contributed by atoms with E-state index in [1.165, 1.54) is 11.0 Å². The van der Waals surface area contributed by atoms with Gasteiger partial charge in [0.25, 0.3) is 0 Å². The molecule has 2 heterocycles. The molecule has 0 radical (unpaired) electrons. The fourth-order valence-electron chi connectivity index (χ4n) is 3.78. The highest BCUT2D eigenvalue weighted by atomic mass is 19.1. The first-order valence-corrected chi connectivity index (χ1v) is 12.8. The van der Waals surface area contributed by atoms with Gasteiger partial charge in [-0.1, -0.05) is 19.9 Å². The van der Waals surface area contributed by atoms with E-state index in [1.54, 1.807) is 31.4 Å². The van der Waals surface area contributed by atoms with Crippen LogP contribution in [-0.2, 0) is 27.3 Å². The summed E-state index contributed by atoms with van der Waals surface area (Å²) in [7, 11) is 1.68. The number of halogens is 1. The fourth-order valence-corrected chi connectivity index (χ4v) is 3.78. The maximum atomic E-state index is 14.6. The Kier molecular flexibility index (Phi) is 10.8. The van der Waals surface area contributed by atoms with E-state index >= 15 is 0 Å². The highest BCUT2D eigenvalue weighted by Crippen LogP contribution is 2.20. The molecule has 1 fully saturated rings. The Labute approximate surface area is 218 Å². The molecule has 2 aromatic rings. The van der Waals surface area contributed by atoms with E-state index in [9.17, 15) is 9.18 Å². The number of likely N-dealkylation sites (tertiary alicyclic amines) is 1. The number of H-pyrrole nitrogens is 1. The summed E-state index contributed by atoms with van der Waals surface area (Å²) >= 11 is 0. The zero-order valence-electron chi connectivity index (χ0n) is 22.3. The van der Waals surface area contributed by atoms with Gasteiger partial charge in [-0.25, -0.2) is 4.39 Å². The molecule has 9 nitrogen and oxygen atoms in total. The maximum Gasteiger partial charge on any atom is 0.227 e. The van der Waals surface area contributed by atoms with Crippen molar-refractivity contribution in [2.45, 2.75) is 58.7 Å². The lowest BCUT2D eigenvalue weighted by Crippen LogP contribution is -2.40. The Hall–Kier alpha value is -3.11. The number of ether oxygens (including phenoxy) is 2. The van der Waals surface area contributed by atoms with Crippen LogP contribution >= 0.6 is 0 Å². The molecule has 0 saturated carbocycles. The topological polar surface area (TPSA) is 92.0 Å². The van der Waals surface area contributed by atoms with Gasteiger partial charge in [0.2, 0.25) is 11.8 Å². The molecular formula is C27H40FN5O4. The number of carbonyl (C=O) groups excluding carboxylic acids is 1. The zero-order valence-corrected chi connectivity index (χ0v) is 22.3. The van der Waals surface area contributed by atoms with E-state index in [2.05, 4.69) is 47.9 Å². The van der Waals surface area contributed by atoms with Crippen molar-refractivity contribution in [3.63, 3.8) is 0 Å². The van der Waals surface area contributed by atoms with Gasteiger partial charge < -0.3 is 24.1 Å². The molecule has 1 atom stereocenters. The minimum atomic E-state index is -0.464. The lowest BCUT2D eigenvalue weighted by atomic mass is 10.1. The maximum absolute atomic E-state index is 14.6. The smallest absolute Gasteiger partial charge is 0.227 e. The number of amides is 1. The van der Waals surface area contributed by atoms with Crippen molar-refractivity contribution in [2.75, 3.05) is 33.4 Å². The summed E-state index contributed by atoms with van der Waals surface area (Å²) in [6.45, 7) is 13.1. The number of likely N-dealkylation sites (N-methyl/N-ethyl adjacent to an activating group) is 1. The molecular weight excluding hydrogens is 477 g/mol. The van der Waals surface area contributed by atoms with E-state index in [4.69, 9.17) is 14.3 Å². The second-order valence-corrected chi connectivity index (χ2v) is 9.81. The second kappa shape index (κ2) is 14.0. The number of rotatable bonds is 14. The van der Waals surface area contributed by atoms with Crippen molar-refractivity contribution < 1.29 is 23.5 Å². The Morgan fingerprint density at radius 1 is 1.27 bits per heavy atom. The number of hydrogen-bond acceptors (Lipinski definition) is 7. The predicted molar refractivity (Wildman–Crippen MR) is 139 cm³/mol. The van der Waals surface area contributed by atoms with Crippen molar-refractivity contribution in [1.29, 1.82) is 0 Å². The predicted octanol–water partition coefficient (Wildman–Crippen LogP) is 3.65. The lowest BCUT2D eigenvalue weighted by molar-refractivity contribution is -0.129. The van der Waals surface area contributed by atoms with Crippen LogP contribution in [0.5, 0.6) is 5.75 Å². The van der Waals surface area contributed by atoms with Gasteiger partial charge in [-0.05, 0) is 50.0 Å². The van der Waals surface area contributed by atoms with Gasteiger partial charge in [0.1, 0.15) is 18.2 Å². The number of hydroxylamine groups is 1. The molecule has 1 amide bonds. The molecule has 2 N–H and O–H groups in total. The quantitative estimate of drug-likeness (QED) is 0.225. The normalized spacial score (nSPS) is 15.0. The third-order valence-electron chi connectivity index (χ3n) is 6.62. The van der Waals surface area contributed by atoms with Crippen LogP contribution in [0, 0.1) is 11.7 Å². The molecule has 0 aliphatic carbocycles. The molecule has 37 heavy (non-hydrogen) atoms. The Balaban J connectivity index is 1.32. The molecule has 204 valence electrons. The summed E-state index contributed by atoms with van der Waals surface area (Å²) in [6, 6.07) is 6.62. The first-order valence-electron chi connectivity index (χ1n) is 12.8. The van der Waals surface area contributed by atoms with Crippen molar-refractivity contribution >= 4 is 5.91 Å². The molecule has 3 rings (SSSR count). The summed E-state index contributed by atoms with van der Waals surface area (Å²) in [6.07, 6.45) is 3.48. The largest absolute Gasteiger partial charge is 0.491 e. The van der Waals surface area contributed by atoms with Gasteiger partial charge in [0, 0.05) is 38.4 Å². The Morgan fingerprint density at radius 3 is 2.68 bits per heavy atom. The van der Waals surface area contributed by atoms with E-state index in [-0.39, 0.29) is 24.5 Å². The summed E-state index contributed by atoms with van der Waals surface area (Å²) in [5.41, 5.74) is 4.19. The van der Waals surface area contributed by atoms with Gasteiger partial charge >= 0.3 is 0 Å². The summed E-state index contributed by atoms with van der Waals surface area (Å²) < 4.78 is 26.2. The molecule has 10 heteroatoms. The first-order chi connectivity index (χ1) is 17.7. The Morgan fingerprint density at radius 2 is 2.03 bits per heavy atom. The van der Waals surface area contributed by atoms with Crippen molar-refractivity contribution in [2.24, 2.45) is 5.92 Å². The van der Waals surface area contributed by atoms with Crippen LogP contribution in [0.25, 0.3) is 0 Å². The van der Waals surface area contributed by atoms with Crippen molar-refractivity contribution in [3.8, 4) is 5.75 Å². The first kappa shape index (κ1) is 28.5. The molecule has 0 bridgehead atoms. The molecule has 1 aliphatic heterocycles. The summed E-state index contributed by atoms with van der Waals surface area (Å²) in [5, 5.41) is 6.68. The summed E-state index contributed by atoms with van der Waals surface area (Å²) in [5.74, 6) is 0.866. The van der Waals surface area contributed by atoms with Gasteiger partial charge in [-0.15, -0.1) is 0 Å². The average molecular weight is 518 g/mol. The van der Waals surface area contributed by atoms with Crippen molar-refractivity contribution in [3.05, 3.63) is 60.0 Å². The van der Waals surface area contributed by atoms with Crippen LogP contribution in [0.1, 0.15) is 44.9 Å². The minimum Gasteiger partial charge on any atom is -0.491 e. The number of aromatic nitrogens is 2. The second-order valence-electron chi connectivity index (χ2n) is 9.81. The number of piperidine rings is 1. The number of nitrogens with one attached hydrogen (secondary N) is 2. The third-order valence-corrected chi connectivity index (χ3v) is 6.62. The van der Waals surface area contributed by atoms with E-state index < -0.39 is 5.82 Å². The van der Waals surface area contributed by atoms with Crippen LogP contribution in [0.2, 0.25) is 0 Å². The molecule has 0 spiro atoms. The SMILES string of the molecule is C=C(ONC(C)C(C)C)N1CCC(OCCOc2ccc(CC(=O)N(C)Cc3ccn[nH]3)c(F)c2)CC1. The lowest BCUT2D eigenvalue weighted by Gasteiger charge is -2.34. The molecule has 1 saturated heterocycles. The van der Waals surface area contributed by atoms with Gasteiger partial charge in [0.15, 0.2) is 0 Å². The zero-order chi connectivity index (χ0) is 26.8. The van der Waals surface area contributed by atoms with Crippen LogP contribution in [0.4, 0.5) is 4.39 Å². The number of hydrogen-bond donors (Lipinski definition) is 2. The number of benzene rings is 1. The minimum absolute atomic E-state index is 0.0250. The van der Waals surface area contributed by atoms with Crippen LogP contribution in [0.15, 0.2) is 42.9 Å². The van der Waals surface area contributed by atoms with E-state index in [0.29, 0.717) is 42.9 Å². The number of aromatic amines is 1. The average Bonchev–Trinajstić information content (AvgIpc) is 3.39. The molecule has 1 aliphatic rings. The summed E-state index contributed by atoms with van der Waals surface area (Å²) in [4.78, 5) is 21.7. The monoisotopic (exact) mass is 517 g/mol.